The third-order valence-electron chi connectivity index (χ3n) is 1.06. The lowest BCUT2D eigenvalue weighted by Crippen LogP contribution is -1.79. The summed E-state index contributed by atoms with van der Waals surface area (Å²) in [4.78, 5) is 8.38. The van der Waals surface area contributed by atoms with Crippen molar-refractivity contribution in [2.75, 3.05) is 6.16 Å². The van der Waals surface area contributed by atoms with Crippen molar-refractivity contribution in [3.8, 4) is 0 Å². The van der Waals surface area contributed by atoms with Gasteiger partial charge in [-0.05, 0) is 12.8 Å². The molecule has 0 aromatic rings. The van der Waals surface area contributed by atoms with E-state index in [2.05, 4.69) is 13.3 Å². The lowest BCUT2D eigenvalue weighted by Gasteiger charge is -1.93. The van der Waals surface area contributed by atoms with E-state index in [0.717, 1.165) is 19.3 Å². The average molecular weight is 149 g/mol. The summed E-state index contributed by atoms with van der Waals surface area (Å²) >= 11 is 0. The molecule has 2 nitrogen and oxygen atoms in total. The van der Waals surface area contributed by atoms with Gasteiger partial charge >= 0.3 is 0 Å². The second kappa shape index (κ2) is 6.31. The first-order chi connectivity index (χ1) is 4.27. The highest BCUT2D eigenvalue weighted by molar-refractivity contribution is 7.37. The first kappa shape index (κ1) is 9.19. The minimum atomic E-state index is -2.20. The van der Waals surface area contributed by atoms with E-state index in [1.165, 1.54) is 0 Å². The van der Waals surface area contributed by atoms with Crippen molar-refractivity contribution in [1.29, 1.82) is 0 Å². The third kappa shape index (κ3) is 8.19. The largest absolute Gasteiger partial charge is 0.346 e. The molecule has 0 aromatic carbocycles. The number of rotatable bonds is 5. The zero-order valence-electron chi connectivity index (χ0n) is 5.76. The van der Waals surface area contributed by atoms with Crippen LogP contribution in [-0.4, -0.2) is 11.1 Å². The Kier molecular flexibility index (Phi) is 6.45. The van der Waals surface area contributed by atoms with Crippen LogP contribution in [0.4, 0.5) is 0 Å². The minimum Gasteiger partial charge on any atom is -0.346 e. The van der Waals surface area contributed by atoms with Gasteiger partial charge < -0.3 is 4.89 Å². The molecule has 9 heavy (non-hydrogen) atoms. The maximum absolute atomic E-state index is 10.1. The SMILES string of the molecule is CCC[CH]CC[PH](=O)O. The van der Waals surface area contributed by atoms with Crippen LogP contribution < -0.4 is 0 Å². The van der Waals surface area contributed by atoms with Crippen LogP contribution in [0.1, 0.15) is 26.2 Å². The molecule has 0 aromatic heterocycles. The van der Waals surface area contributed by atoms with Crippen LogP contribution >= 0.6 is 8.03 Å². The van der Waals surface area contributed by atoms with E-state index in [9.17, 15) is 4.57 Å². The summed E-state index contributed by atoms with van der Waals surface area (Å²) in [5.74, 6) is 0. The van der Waals surface area contributed by atoms with E-state index < -0.39 is 8.03 Å². The molecule has 1 N–H and O–H groups in total. The van der Waals surface area contributed by atoms with Gasteiger partial charge in [-0.15, -0.1) is 0 Å². The molecular weight excluding hydrogens is 135 g/mol. The molecule has 0 aliphatic carbocycles. The monoisotopic (exact) mass is 149 g/mol. The number of hydrogen-bond donors (Lipinski definition) is 1. The van der Waals surface area contributed by atoms with Crippen molar-refractivity contribution in [1.82, 2.24) is 0 Å². The fraction of sp³-hybridized carbons (Fsp3) is 0.833. The Morgan fingerprint density at radius 2 is 2.22 bits per heavy atom. The lowest BCUT2D eigenvalue weighted by atomic mass is 10.2. The molecule has 0 aliphatic rings. The fourth-order valence-corrected chi connectivity index (χ4v) is 1.03. The van der Waals surface area contributed by atoms with Gasteiger partial charge in [-0.25, -0.2) is 0 Å². The van der Waals surface area contributed by atoms with E-state index in [4.69, 9.17) is 4.89 Å². The zero-order chi connectivity index (χ0) is 7.11. The van der Waals surface area contributed by atoms with Crippen molar-refractivity contribution in [3.05, 3.63) is 6.42 Å². The Hall–Kier alpha value is 0.190. The van der Waals surface area contributed by atoms with Gasteiger partial charge in [0.25, 0.3) is 0 Å². The van der Waals surface area contributed by atoms with Crippen LogP contribution in [-0.2, 0) is 4.57 Å². The fourth-order valence-electron chi connectivity index (χ4n) is 0.574. The summed E-state index contributed by atoms with van der Waals surface area (Å²) in [6, 6.07) is 0. The van der Waals surface area contributed by atoms with Crippen LogP contribution in [0.5, 0.6) is 0 Å². The standard InChI is InChI=1S/C6H14O2P/c1-2-3-4-5-6-9(7)8/h4,9H,2-3,5-6H2,1H3,(H,7,8). The Morgan fingerprint density at radius 1 is 1.56 bits per heavy atom. The molecule has 0 rings (SSSR count). The maximum atomic E-state index is 10.1. The topological polar surface area (TPSA) is 37.3 Å². The van der Waals surface area contributed by atoms with Gasteiger partial charge in [0.2, 0.25) is 0 Å². The van der Waals surface area contributed by atoms with Gasteiger partial charge in [0.15, 0.2) is 8.03 Å². The van der Waals surface area contributed by atoms with Gasteiger partial charge in [-0.3, -0.25) is 4.57 Å². The summed E-state index contributed by atoms with van der Waals surface area (Å²) in [7, 11) is -2.20. The van der Waals surface area contributed by atoms with Crippen LogP contribution in [0, 0.1) is 6.42 Å². The normalized spacial score (nSPS) is 13.6. The molecule has 1 radical (unpaired) electrons. The second-order valence-corrected chi connectivity index (χ2v) is 3.30. The molecule has 0 amide bonds. The van der Waals surface area contributed by atoms with E-state index in [0.29, 0.717) is 6.16 Å². The summed E-state index contributed by atoms with van der Waals surface area (Å²) in [6.07, 6.45) is 5.52. The van der Waals surface area contributed by atoms with Crippen LogP contribution in [0.3, 0.4) is 0 Å². The summed E-state index contributed by atoms with van der Waals surface area (Å²) in [5.41, 5.74) is 0. The summed E-state index contributed by atoms with van der Waals surface area (Å²) in [5, 5.41) is 0. The van der Waals surface area contributed by atoms with E-state index in [1.54, 1.807) is 0 Å². The minimum absolute atomic E-state index is 0.463. The predicted molar refractivity (Wildman–Crippen MR) is 39.9 cm³/mol. The van der Waals surface area contributed by atoms with E-state index in [1.807, 2.05) is 0 Å². The molecule has 0 aliphatic heterocycles. The van der Waals surface area contributed by atoms with E-state index in [-0.39, 0.29) is 0 Å². The van der Waals surface area contributed by atoms with E-state index >= 15 is 0 Å². The van der Waals surface area contributed by atoms with Gasteiger partial charge in [-0.1, -0.05) is 19.8 Å². The molecule has 0 fully saturated rings. The molecular formula is C6H14O2P. The molecule has 0 saturated heterocycles. The van der Waals surface area contributed by atoms with Crippen molar-refractivity contribution < 1.29 is 9.46 Å². The molecule has 0 spiro atoms. The maximum Gasteiger partial charge on any atom is 0.189 e. The molecule has 0 bridgehead atoms. The highest BCUT2D eigenvalue weighted by Crippen LogP contribution is 2.15. The average Bonchev–Trinajstić information content (AvgIpc) is 1.80. The van der Waals surface area contributed by atoms with Crippen LogP contribution in [0.2, 0.25) is 0 Å². The summed E-state index contributed by atoms with van der Waals surface area (Å²) in [6.45, 7) is 2.10. The second-order valence-electron chi connectivity index (χ2n) is 2.01. The smallest absolute Gasteiger partial charge is 0.189 e. The molecule has 0 saturated carbocycles. The Morgan fingerprint density at radius 3 is 2.67 bits per heavy atom. The van der Waals surface area contributed by atoms with Crippen molar-refractivity contribution in [3.63, 3.8) is 0 Å². The number of hydrogen-bond acceptors (Lipinski definition) is 1. The third-order valence-corrected chi connectivity index (χ3v) is 1.77. The molecule has 3 heteroatoms. The first-order valence-corrected chi connectivity index (χ1v) is 4.87. The van der Waals surface area contributed by atoms with Crippen LogP contribution in [0.15, 0.2) is 0 Å². The number of unbranched alkanes of at least 4 members (excludes halogenated alkanes) is 3. The lowest BCUT2D eigenvalue weighted by molar-refractivity contribution is 0.502. The Balaban J connectivity index is 2.83. The zero-order valence-corrected chi connectivity index (χ0v) is 6.76. The van der Waals surface area contributed by atoms with Crippen molar-refractivity contribution in [2.24, 2.45) is 0 Å². The van der Waals surface area contributed by atoms with Gasteiger partial charge in [-0.2, -0.15) is 0 Å². The molecule has 1 unspecified atom stereocenters. The highest BCUT2D eigenvalue weighted by atomic mass is 31.1. The van der Waals surface area contributed by atoms with Crippen molar-refractivity contribution in [2.45, 2.75) is 26.2 Å². The Bertz CT molecular complexity index is 83.1. The van der Waals surface area contributed by atoms with Gasteiger partial charge in [0, 0.05) is 6.16 Å². The van der Waals surface area contributed by atoms with Gasteiger partial charge in [0.1, 0.15) is 0 Å². The molecule has 0 heterocycles. The van der Waals surface area contributed by atoms with Gasteiger partial charge in [0.05, 0.1) is 0 Å². The van der Waals surface area contributed by atoms with Crippen molar-refractivity contribution >= 4 is 8.03 Å². The first-order valence-electron chi connectivity index (χ1n) is 3.30. The predicted octanol–water partition coefficient (Wildman–Crippen LogP) is 1.85. The quantitative estimate of drug-likeness (QED) is 0.478. The Labute approximate surface area is 57.1 Å². The highest BCUT2D eigenvalue weighted by Gasteiger charge is 1.91. The van der Waals surface area contributed by atoms with Crippen LogP contribution in [0.25, 0.3) is 0 Å². The molecule has 1 atom stereocenters. The molecule has 55 valence electrons. The summed E-state index contributed by atoms with van der Waals surface area (Å²) < 4.78 is 10.1.